The summed E-state index contributed by atoms with van der Waals surface area (Å²) in [6.07, 6.45) is 10.2. The number of rotatable bonds is 5. The number of carbonyl (C=O) groups is 1. The van der Waals surface area contributed by atoms with Gasteiger partial charge in [-0.05, 0) is 38.0 Å². The first kappa shape index (κ1) is 16.7. The Balaban J connectivity index is 1.45. The van der Waals surface area contributed by atoms with Gasteiger partial charge in [-0.2, -0.15) is 5.10 Å². The van der Waals surface area contributed by atoms with Crippen molar-refractivity contribution in [2.24, 2.45) is 13.0 Å². The van der Waals surface area contributed by atoms with Crippen molar-refractivity contribution in [2.75, 3.05) is 24.5 Å². The highest BCUT2D eigenvalue weighted by Crippen LogP contribution is 2.22. The number of nitrogens with zero attached hydrogens (tertiary/aromatic N) is 3. The molecule has 1 aromatic rings. The van der Waals surface area contributed by atoms with Gasteiger partial charge in [-0.1, -0.05) is 11.6 Å². The van der Waals surface area contributed by atoms with Crippen LogP contribution in [0.5, 0.6) is 0 Å². The number of aromatic nitrogens is 2. The van der Waals surface area contributed by atoms with E-state index in [2.05, 4.69) is 21.4 Å². The monoisotopic (exact) mass is 330 g/mol. The molecule has 3 rings (SSSR count). The van der Waals surface area contributed by atoms with E-state index in [4.69, 9.17) is 0 Å². The third-order valence-electron chi connectivity index (χ3n) is 4.97. The highest BCUT2D eigenvalue weighted by Gasteiger charge is 2.23. The van der Waals surface area contributed by atoms with Crippen molar-refractivity contribution in [3.63, 3.8) is 0 Å². The van der Waals surface area contributed by atoms with Crippen LogP contribution in [0, 0.1) is 5.92 Å². The molecular formula is C18H26N4O2. The topological polar surface area (TPSA) is 67.2 Å². The lowest BCUT2D eigenvalue weighted by atomic mass is 9.97. The van der Waals surface area contributed by atoms with E-state index in [-0.39, 0.29) is 11.5 Å². The van der Waals surface area contributed by atoms with Crippen molar-refractivity contribution in [3.8, 4) is 0 Å². The first-order valence-electron chi connectivity index (χ1n) is 8.85. The van der Waals surface area contributed by atoms with E-state index in [1.807, 2.05) is 0 Å². The number of allylic oxidation sites excluding steroid dienone is 1. The third kappa shape index (κ3) is 4.24. The predicted octanol–water partition coefficient (Wildman–Crippen LogP) is 1.61. The van der Waals surface area contributed by atoms with Crippen molar-refractivity contribution < 1.29 is 4.79 Å². The second-order valence-electron chi connectivity index (χ2n) is 6.87. The maximum absolute atomic E-state index is 12.1. The summed E-state index contributed by atoms with van der Waals surface area (Å²) in [5.74, 6) is 0.565. The number of hydrogen-bond acceptors (Lipinski definition) is 4. The van der Waals surface area contributed by atoms with Gasteiger partial charge in [0.15, 0.2) is 0 Å². The zero-order chi connectivity index (χ0) is 16.9. The molecule has 2 aliphatic rings. The first-order valence-corrected chi connectivity index (χ1v) is 8.85. The Morgan fingerprint density at radius 2 is 2.29 bits per heavy atom. The zero-order valence-corrected chi connectivity index (χ0v) is 14.3. The van der Waals surface area contributed by atoms with Gasteiger partial charge in [-0.3, -0.25) is 9.59 Å². The van der Waals surface area contributed by atoms with Crippen molar-refractivity contribution in [1.82, 2.24) is 15.1 Å². The SMILES string of the molecule is Cn1ncc(N2CCC(CNC(=O)CC3=CCCCC3)C2)cc1=O. The van der Waals surface area contributed by atoms with Crippen LogP contribution in [0.4, 0.5) is 5.69 Å². The van der Waals surface area contributed by atoms with Crippen LogP contribution in [0.3, 0.4) is 0 Å². The molecule has 1 amide bonds. The van der Waals surface area contributed by atoms with Crippen molar-refractivity contribution in [2.45, 2.75) is 38.5 Å². The standard InChI is InChI=1S/C18H26N4O2/c1-21-18(24)10-16(12-20-21)22-8-7-15(13-22)11-19-17(23)9-14-5-3-2-4-6-14/h5,10,12,15H,2-4,6-9,11,13H2,1H3,(H,19,23). The Kier molecular flexibility index (Phi) is 5.33. The fraction of sp³-hybridized carbons (Fsp3) is 0.611. The summed E-state index contributed by atoms with van der Waals surface area (Å²) in [4.78, 5) is 26.0. The second-order valence-corrected chi connectivity index (χ2v) is 6.87. The minimum absolute atomic E-state index is 0.0926. The quantitative estimate of drug-likeness (QED) is 0.833. The van der Waals surface area contributed by atoms with E-state index in [0.29, 0.717) is 18.9 Å². The highest BCUT2D eigenvalue weighted by molar-refractivity contribution is 5.78. The van der Waals surface area contributed by atoms with Gasteiger partial charge in [-0.15, -0.1) is 0 Å². The molecule has 0 aromatic carbocycles. The van der Waals surface area contributed by atoms with Gasteiger partial charge < -0.3 is 10.2 Å². The molecule has 1 saturated heterocycles. The van der Waals surface area contributed by atoms with Crippen LogP contribution in [0.25, 0.3) is 0 Å². The predicted molar refractivity (Wildman–Crippen MR) is 94.0 cm³/mol. The van der Waals surface area contributed by atoms with Crippen LogP contribution >= 0.6 is 0 Å². The molecule has 1 fully saturated rings. The van der Waals surface area contributed by atoms with E-state index in [1.54, 1.807) is 19.3 Å². The molecule has 1 N–H and O–H groups in total. The average Bonchev–Trinajstić information content (AvgIpc) is 3.05. The maximum Gasteiger partial charge on any atom is 0.268 e. The highest BCUT2D eigenvalue weighted by atomic mass is 16.1. The zero-order valence-electron chi connectivity index (χ0n) is 14.3. The van der Waals surface area contributed by atoms with Gasteiger partial charge in [0.05, 0.1) is 11.9 Å². The van der Waals surface area contributed by atoms with Crippen LogP contribution in [0.2, 0.25) is 0 Å². The number of nitrogens with one attached hydrogen (secondary N) is 1. The fourth-order valence-electron chi connectivity index (χ4n) is 3.46. The lowest BCUT2D eigenvalue weighted by molar-refractivity contribution is -0.120. The Bertz CT molecular complexity index is 680. The molecule has 130 valence electrons. The maximum atomic E-state index is 12.1. The molecule has 1 atom stereocenters. The van der Waals surface area contributed by atoms with Crippen LogP contribution in [0.1, 0.15) is 38.5 Å². The Labute approximate surface area is 142 Å². The summed E-state index contributed by atoms with van der Waals surface area (Å²) in [5.41, 5.74) is 2.07. The second kappa shape index (κ2) is 7.64. The minimum Gasteiger partial charge on any atom is -0.370 e. The molecule has 1 aromatic heterocycles. The third-order valence-corrected chi connectivity index (χ3v) is 4.97. The first-order chi connectivity index (χ1) is 11.6. The van der Waals surface area contributed by atoms with Crippen molar-refractivity contribution in [3.05, 3.63) is 34.3 Å². The number of aryl methyl sites for hydroxylation is 1. The molecule has 0 bridgehead atoms. The minimum atomic E-state index is -0.0926. The summed E-state index contributed by atoms with van der Waals surface area (Å²) in [7, 11) is 1.65. The van der Waals surface area contributed by atoms with Gasteiger partial charge >= 0.3 is 0 Å². The normalized spacial score (nSPS) is 20.8. The summed E-state index contributed by atoms with van der Waals surface area (Å²) < 4.78 is 1.33. The molecule has 1 aliphatic carbocycles. The lowest BCUT2D eigenvalue weighted by Crippen LogP contribution is -2.31. The van der Waals surface area contributed by atoms with Gasteiger partial charge in [0.25, 0.3) is 5.56 Å². The summed E-state index contributed by atoms with van der Waals surface area (Å²) >= 11 is 0. The van der Waals surface area contributed by atoms with Crippen LogP contribution in [-0.4, -0.2) is 35.3 Å². The molecule has 1 unspecified atom stereocenters. The molecule has 0 radical (unpaired) electrons. The van der Waals surface area contributed by atoms with E-state index in [0.717, 1.165) is 38.0 Å². The number of anilines is 1. The van der Waals surface area contributed by atoms with Crippen LogP contribution in [-0.2, 0) is 11.8 Å². The lowest BCUT2D eigenvalue weighted by Gasteiger charge is -2.18. The molecular weight excluding hydrogens is 304 g/mol. The molecule has 24 heavy (non-hydrogen) atoms. The van der Waals surface area contributed by atoms with Crippen molar-refractivity contribution in [1.29, 1.82) is 0 Å². The van der Waals surface area contributed by atoms with Gasteiger partial charge in [-0.25, -0.2) is 4.68 Å². The van der Waals surface area contributed by atoms with E-state index >= 15 is 0 Å². The average molecular weight is 330 g/mol. The molecule has 6 nitrogen and oxygen atoms in total. The van der Waals surface area contributed by atoms with Crippen molar-refractivity contribution >= 4 is 11.6 Å². The molecule has 0 saturated carbocycles. The fourth-order valence-corrected chi connectivity index (χ4v) is 3.46. The Morgan fingerprint density at radius 1 is 1.42 bits per heavy atom. The number of hydrogen-bond donors (Lipinski definition) is 1. The molecule has 6 heteroatoms. The van der Waals surface area contributed by atoms with Crippen LogP contribution in [0.15, 0.2) is 28.7 Å². The summed E-state index contributed by atoms with van der Waals surface area (Å²) in [6.45, 7) is 2.47. The summed E-state index contributed by atoms with van der Waals surface area (Å²) in [5, 5.41) is 7.15. The molecule has 1 aliphatic heterocycles. The Morgan fingerprint density at radius 3 is 3.04 bits per heavy atom. The van der Waals surface area contributed by atoms with Crippen LogP contribution < -0.4 is 15.8 Å². The van der Waals surface area contributed by atoms with E-state index < -0.39 is 0 Å². The van der Waals surface area contributed by atoms with E-state index in [9.17, 15) is 9.59 Å². The van der Waals surface area contributed by atoms with Gasteiger partial charge in [0.2, 0.25) is 5.91 Å². The summed E-state index contributed by atoms with van der Waals surface area (Å²) in [6, 6.07) is 1.63. The number of carbonyl (C=O) groups excluding carboxylic acids is 1. The Hall–Kier alpha value is -2.11. The van der Waals surface area contributed by atoms with Gasteiger partial charge in [0.1, 0.15) is 0 Å². The number of amides is 1. The smallest absolute Gasteiger partial charge is 0.268 e. The largest absolute Gasteiger partial charge is 0.370 e. The van der Waals surface area contributed by atoms with Gasteiger partial charge in [0, 0.05) is 39.2 Å². The molecule has 2 heterocycles. The van der Waals surface area contributed by atoms with E-state index in [1.165, 1.54) is 23.1 Å². The molecule has 0 spiro atoms.